The minimum Gasteiger partial charge on any atom is -0.354 e. The van der Waals surface area contributed by atoms with E-state index in [1.165, 1.54) is 24.3 Å². The van der Waals surface area contributed by atoms with Gasteiger partial charge in [-0.15, -0.1) is 0 Å². The van der Waals surface area contributed by atoms with E-state index in [9.17, 15) is 22.4 Å². The van der Waals surface area contributed by atoms with Crippen LogP contribution in [0.15, 0.2) is 48.5 Å². The van der Waals surface area contributed by atoms with Crippen LogP contribution in [0, 0.1) is 5.82 Å². The van der Waals surface area contributed by atoms with Gasteiger partial charge in [0.15, 0.2) is 0 Å². The lowest BCUT2D eigenvalue weighted by atomic mass is 10.1. The van der Waals surface area contributed by atoms with Gasteiger partial charge in [-0.25, -0.2) is 9.07 Å². The molecule has 0 spiro atoms. The molecule has 1 fully saturated rings. The Morgan fingerprint density at radius 2 is 1.60 bits per heavy atom. The van der Waals surface area contributed by atoms with Gasteiger partial charge >= 0.3 is 6.18 Å². The van der Waals surface area contributed by atoms with Crippen molar-refractivity contribution in [1.29, 1.82) is 0 Å². The number of aromatic nitrogens is 2. The fraction of sp³-hybridized carbons (Fsp3) is 0.467. The number of rotatable bonds is 9. The van der Waals surface area contributed by atoms with E-state index in [1.54, 1.807) is 17.0 Å². The highest BCUT2D eigenvalue weighted by molar-refractivity contribution is 5.94. The second-order valence-electron chi connectivity index (χ2n) is 10.4. The number of hydrogen-bond acceptors (Lipinski definition) is 4. The van der Waals surface area contributed by atoms with Crippen molar-refractivity contribution in [3.8, 4) is 5.69 Å². The van der Waals surface area contributed by atoms with E-state index in [1.807, 2.05) is 18.5 Å². The molecule has 2 aromatic carbocycles. The van der Waals surface area contributed by atoms with E-state index in [0.29, 0.717) is 25.4 Å². The lowest BCUT2D eigenvalue weighted by molar-refractivity contribution is -0.137. The Kier molecular flexibility index (Phi) is 9.18. The zero-order chi connectivity index (χ0) is 29.0. The first-order valence-corrected chi connectivity index (χ1v) is 13.9. The molecule has 0 unspecified atom stereocenters. The fourth-order valence-electron chi connectivity index (χ4n) is 5.17. The van der Waals surface area contributed by atoms with Gasteiger partial charge in [-0.1, -0.05) is 13.8 Å². The summed E-state index contributed by atoms with van der Waals surface area (Å²) < 4.78 is 54.9. The molecule has 40 heavy (non-hydrogen) atoms. The van der Waals surface area contributed by atoms with Gasteiger partial charge in [0.2, 0.25) is 0 Å². The summed E-state index contributed by atoms with van der Waals surface area (Å²) in [5, 5.41) is 4.92. The van der Waals surface area contributed by atoms with Crippen molar-refractivity contribution in [2.45, 2.75) is 59.3 Å². The molecule has 0 atom stereocenters. The predicted octanol–water partition coefficient (Wildman–Crippen LogP) is 6.18. The number of halogens is 4. The molecular formula is C30H37F4N5O. The third kappa shape index (κ3) is 6.49. The van der Waals surface area contributed by atoms with Crippen LogP contribution in [-0.4, -0.2) is 64.3 Å². The van der Waals surface area contributed by atoms with Crippen LogP contribution in [0.1, 0.15) is 61.3 Å². The Hall–Kier alpha value is -3.40. The Bertz CT molecular complexity index is 1280. The van der Waals surface area contributed by atoms with Gasteiger partial charge in [-0.3, -0.25) is 9.69 Å². The molecule has 1 aliphatic heterocycles. The lowest BCUT2D eigenvalue weighted by Crippen LogP contribution is -2.49. The Labute approximate surface area is 233 Å². The first kappa shape index (κ1) is 29.6. The minimum atomic E-state index is -4.47. The lowest BCUT2D eigenvalue weighted by Gasteiger charge is -2.38. The summed E-state index contributed by atoms with van der Waals surface area (Å²) in [5.74, 6) is 0.200. The smallest absolute Gasteiger partial charge is 0.354 e. The summed E-state index contributed by atoms with van der Waals surface area (Å²) in [7, 11) is 0. The molecule has 1 aromatic heterocycles. The molecule has 6 nitrogen and oxygen atoms in total. The highest BCUT2D eigenvalue weighted by atomic mass is 19.4. The number of hydrogen-bond donors (Lipinski definition) is 0. The molecule has 2 heterocycles. The fourth-order valence-corrected chi connectivity index (χ4v) is 5.17. The van der Waals surface area contributed by atoms with Crippen LogP contribution in [0.4, 0.5) is 23.4 Å². The van der Waals surface area contributed by atoms with Crippen molar-refractivity contribution in [3.63, 3.8) is 0 Å². The van der Waals surface area contributed by atoms with Gasteiger partial charge in [0.05, 0.1) is 23.5 Å². The van der Waals surface area contributed by atoms with Gasteiger partial charge in [0, 0.05) is 49.9 Å². The average Bonchev–Trinajstić information content (AvgIpc) is 3.30. The average molecular weight is 560 g/mol. The van der Waals surface area contributed by atoms with Gasteiger partial charge in [-0.05, 0) is 75.2 Å². The van der Waals surface area contributed by atoms with Crippen LogP contribution in [0.25, 0.3) is 5.69 Å². The molecule has 0 saturated carbocycles. The van der Waals surface area contributed by atoms with Crippen LogP contribution in [0.2, 0.25) is 0 Å². The Balaban J connectivity index is 1.73. The zero-order valence-corrected chi connectivity index (χ0v) is 23.5. The minimum absolute atomic E-state index is 0.206. The molecule has 0 N–H and O–H groups in total. The third-order valence-corrected chi connectivity index (χ3v) is 7.38. The van der Waals surface area contributed by atoms with E-state index >= 15 is 0 Å². The molecule has 1 saturated heterocycles. The monoisotopic (exact) mass is 559 g/mol. The predicted molar refractivity (Wildman–Crippen MR) is 148 cm³/mol. The number of carbonyl (C=O) groups is 1. The van der Waals surface area contributed by atoms with Crippen LogP contribution in [-0.2, 0) is 19.1 Å². The highest BCUT2D eigenvalue weighted by Crippen LogP contribution is 2.32. The van der Waals surface area contributed by atoms with E-state index in [2.05, 4.69) is 23.6 Å². The largest absolute Gasteiger partial charge is 0.416 e. The molecule has 3 aromatic rings. The first-order chi connectivity index (χ1) is 19.0. The second-order valence-corrected chi connectivity index (χ2v) is 10.4. The topological polar surface area (TPSA) is 44.6 Å². The van der Waals surface area contributed by atoms with Gasteiger partial charge in [0.1, 0.15) is 11.6 Å². The maximum Gasteiger partial charge on any atom is 0.416 e. The van der Waals surface area contributed by atoms with Crippen molar-refractivity contribution in [1.82, 2.24) is 19.6 Å². The number of benzene rings is 2. The van der Waals surface area contributed by atoms with Crippen molar-refractivity contribution in [2.75, 3.05) is 37.6 Å². The van der Waals surface area contributed by atoms with Crippen LogP contribution < -0.4 is 4.90 Å². The van der Waals surface area contributed by atoms with Gasteiger partial charge in [-0.2, -0.15) is 18.3 Å². The SMILES string of the molecule is CCCN(Cc1c(CC)nn(-c2ccc(F)cc2)c1N1CCN(C(C)C)CC1)C(=O)c1ccc(C(F)(F)F)cc1. The maximum absolute atomic E-state index is 13.8. The molecule has 10 heteroatoms. The van der Waals surface area contributed by atoms with Gasteiger partial charge in [0.25, 0.3) is 5.91 Å². The van der Waals surface area contributed by atoms with Gasteiger partial charge < -0.3 is 9.80 Å². The summed E-state index contributed by atoms with van der Waals surface area (Å²) in [5.41, 5.74) is 1.87. The molecule has 0 radical (unpaired) electrons. The zero-order valence-electron chi connectivity index (χ0n) is 23.5. The Morgan fingerprint density at radius 3 is 2.12 bits per heavy atom. The van der Waals surface area contributed by atoms with Crippen molar-refractivity contribution in [2.24, 2.45) is 0 Å². The standard InChI is InChI=1S/C30H37F4N5O/c1-5-15-38(29(40)22-7-9-23(10-8-22)30(32,33)34)20-26-27(6-2)35-39(25-13-11-24(31)12-14-25)28(26)37-18-16-36(17-19-37)21(3)4/h7-14,21H,5-6,15-20H2,1-4H3. The van der Waals surface area contributed by atoms with E-state index in [0.717, 1.165) is 61.1 Å². The van der Waals surface area contributed by atoms with E-state index < -0.39 is 11.7 Å². The summed E-state index contributed by atoms with van der Waals surface area (Å²) in [6, 6.07) is 11.0. The van der Waals surface area contributed by atoms with Crippen LogP contribution in [0.3, 0.4) is 0 Å². The van der Waals surface area contributed by atoms with E-state index in [4.69, 9.17) is 5.10 Å². The summed E-state index contributed by atoms with van der Waals surface area (Å²) in [4.78, 5) is 19.9. The number of alkyl halides is 3. The quantitative estimate of drug-likeness (QED) is 0.294. The second kappa shape index (κ2) is 12.4. The molecule has 216 valence electrons. The normalized spacial score (nSPS) is 14.7. The number of piperazine rings is 1. The van der Waals surface area contributed by atoms with Crippen molar-refractivity contribution >= 4 is 11.7 Å². The number of anilines is 1. The van der Waals surface area contributed by atoms with Crippen LogP contribution >= 0.6 is 0 Å². The van der Waals surface area contributed by atoms with E-state index in [-0.39, 0.29) is 23.8 Å². The molecule has 1 amide bonds. The molecule has 0 aliphatic carbocycles. The number of amides is 1. The number of carbonyl (C=O) groups excluding carboxylic acids is 1. The highest BCUT2D eigenvalue weighted by Gasteiger charge is 2.32. The van der Waals surface area contributed by atoms with Crippen molar-refractivity contribution in [3.05, 3.63) is 76.7 Å². The summed E-state index contributed by atoms with van der Waals surface area (Å²) >= 11 is 0. The molecular weight excluding hydrogens is 522 g/mol. The first-order valence-electron chi connectivity index (χ1n) is 13.9. The Morgan fingerprint density at radius 1 is 0.975 bits per heavy atom. The number of nitrogens with zero attached hydrogens (tertiary/aromatic N) is 5. The maximum atomic E-state index is 13.8. The van der Waals surface area contributed by atoms with Crippen LogP contribution in [0.5, 0.6) is 0 Å². The molecule has 0 bridgehead atoms. The molecule has 1 aliphatic rings. The summed E-state index contributed by atoms with van der Waals surface area (Å²) in [6.07, 6.45) is -3.16. The number of aryl methyl sites for hydroxylation is 1. The summed E-state index contributed by atoms with van der Waals surface area (Å²) in [6.45, 7) is 12.3. The van der Waals surface area contributed by atoms with Crippen molar-refractivity contribution < 1.29 is 22.4 Å². The third-order valence-electron chi connectivity index (χ3n) is 7.38. The molecule has 4 rings (SSSR count).